The fourth-order valence-electron chi connectivity index (χ4n) is 3.29. The van der Waals surface area contributed by atoms with Gasteiger partial charge in [-0.1, -0.05) is 36.4 Å². The molecule has 1 aliphatic heterocycles. The van der Waals surface area contributed by atoms with Gasteiger partial charge >= 0.3 is 0 Å². The predicted octanol–water partition coefficient (Wildman–Crippen LogP) is 3.23. The van der Waals surface area contributed by atoms with Gasteiger partial charge in [0.2, 0.25) is 0 Å². The van der Waals surface area contributed by atoms with E-state index in [0.717, 1.165) is 37.2 Å². The zero-order chi connectivity index (χ0) is 16.4. The molecule has 0 saturated carbocycles. The minimum Gasteiger partial charge on any atom is -0.298 e. The lowest BCUT2D eigenvalue weighted by molar-refractivity contribution is 0.327. The molecule has 0 amide bonds. The number of nitrogens with zero attached hydrogens (tertiary/aromatic N) is 1. The van der Waals surface area contributed by atoms with E-state index < -0.39 is 10.1 Å². The van der Waals surface area contributed by atoms with Gasteiger partial charge in [0.25, 0.3) is 10.1 Å². The van der Waals surface area contributed by atoms with Crippen LogP contribution >= 0.6 is 0 Å². The Morgan fingerprint density at radius 3 is 2.61 bits per heavy atom. The molecule has 0 aliphatic carbocycles. The largest absolute Gasteiger partial charge is 0.298 e. The summed E-state index contributed by atoms with van der Waals surface area (Å²) in [4.78, 5) is 2.37. The molecule has 1 fully saturated rings. The van der Waals surface area contributed by atoms with Gasteiger partial charge in [-0.3, -0.25) is 9.45 Å². The third kappa shape index (κ3) is 3.80. The molecular weight excluding hydrogens is 310 g/mol. The molecule has 3 rings (SSSR count). The monoisotopic (exact) mass is 331 g/mol. The molecule has 5 heteroatoms. The molecule has 1 aliphatic rings. The lowest BCUT2D eigenvalue weighted by Gasteiger charge is -2.17. The molecule has 0 unspecified atom stereocenters. The molecule has 0 spiro atoms. The molecule has 0 radical (unpaired) electrons. The van der Waals surface area contributed by atoms with E-state index in [1.165, 1.54) is 11.6 Å². The third-order valence-corrected chi connectivity index (χ3v) is 5.36. The van der Waals surface area contributed by atoms with Gasteiger partial charge < -0.3 is 0 Å². The van der Waals surface area contributed by atoms with Crippen molar-refractivity contribution < 1.29 is 13.0 Å². The fraction of sp³-hybridized carbons (Fsp3) is 0.333. The summed E-state index contributed by atoms with van der Waals surface area (Å²) in [6.45, 7) is 4.80. The number of hydrogen-bond donors (Lipinski definition) is 1. The van der Waals surface area contributed by atoms with Crippen LogP contribution in [0.5, 0.6) is 0 Å². The Labute approximate surface area is 137 Å². The van der Waals surface area contributed by atoms with Crippen molar-refractivity contribution in [2.24, 2.45) is 0 Å². The molecule has 1 heterocycles. The van der Waals surface area contributed by atoms with Gasteiger partial charge in [0.05, 0.1) is 4.90 Å². The summed E-state index contributed by atoms with van der Waals surface area (Å²) >= 11 is 0. The quantitative estimate of drug-likeness (QED) is 0.874. The van der Waals surface area contributed by atoms with E-state index in [1.54, 1.807) is 12.1 Å². The van der Waals surface area contributed by atoms with Crippen molar-refractivity contribution in [2.45, 2.75) is 30.7 Å². The molecule has 2 aromatic carbocycles. The van der Waals surface area contributed by atoms with E-state index in [0.29, 0.717) is 5.92 Å². The Kier molecular flexibility index (Phi) is 4.53. The normalized spacial score (nSPS) is 19.1. The highest BCUT2D eigenvalue weighted by atomic mass is 32.2. The maximum Gasteiger partial charge on any atom is 0.294 e. The van der Waals surface area contributed by atoms with Gasteiger partial charge in [-0.25, -0.2) is 0 Å². The van der Waals surface area contributed by atoms with E-state index in [9.17, 15) is 13.0 Å². The molecule has 2 aromatic rings. The molecule has 4 nitrogen and oxygen atoms in total. The second-order valence-electron chi connectivity index (χ2n) is 6.20. The highest BCUT2D eigenvalue weighted by molar-refractivity contribution is 7.85. The topological polar surface area (TPSA) is 57.6 Å². The van der Waals surface area contributed by atoms with Crippen LogP contribution in [0.2, 0.25) is 0 Å². The Morgan fingerprint density at radius 2 is 1.91 bits per heavy atom. The Morgan fingerprint density at radius 1 is 1.17 bits per heavy atom. The summed E-state index contributed by atoms with van der Waals surface area (Å²) in [6.07, 6.45) is 1.00. The van der Waals surface area contributed by atoms with Crippen LogP contribution < -0.4 is 0 Å². The van der Waals surface area contributed by atoms with Crippen molar-refractivity contribution in [2.75, 3.05) is 13.1 Å². The number of likely N-dealkylation sites (tertiary alicyclic amines) is 1. The second-order valence-corrected chi connectivity index (χ2v) is 7.62. The predicted molar refractivity (Wildman–Crippen MR) is 90.1 cm³/mol. The third-order valence-electron chi connectivity index (χ3n) is 4.51. The summed E-state index contributed by atoms with van der Waals surface area (Å²) in [6, 6.07) is 15.2. The van der Waals surface area contributed by atoms with Crippen molar-refractivity contribution in [3.63, 3.8) is 0 Å². The highest BCUT2D eigenvalue weighted by Gasteiger charge is 2.26. The number of benzene rings is 2. The summed E-state index contributed by atoms with van der Waals surface area (Å²) in [5, 5.41) is 0. The van der Waals surface area contributed by atoms with Crippen molar-refractivity contribution in [3.8, 4) is 0 Å². The first-order valence-electron chi connectivity index (χ1n) is 7.78. The van der Waals surface area contributed by atoms with Gasteiger partial charge in [-0.15, -0.1) is 0 Å². The number of rotatable bonds is 4. The lowest BCUT2D eigenvalue weighted by atomic mass is 9.94. The van der Waals surface area contributed by atoms with Gasteiger partial charge in [-0.05, 0) is 54.6 Å². The molecule has 0 bridgehead atoms. The standard InChI is InChI=1S/C18H21NO3S/c1-14-7-8-17(23(20,21)22)11-18(14)16-9-10-19(13-16)12-15-5-3-2-4-6-15/h2-8,11,16H,9-10,12-13H2,1H3,(H,20,21,22)/t16-/m0/s1. The van der Waals surface area contributed by atoms with Crippen LogP contribution in [0.25, 0.3) is 0 Å². The van der Waals surface area contributed by atoms with Gasteiger partial charge in [0.15, 0.2) is 0 Å². The number of hydrogen-bond acceptors (Lipinski definition) is 3. The van der Waals surface area contributed by atoms with E-state index in [2.05, 4.69) is 17.0 Å². The van der Waals surface area contributed by atoms with Crippen molar-refractivity contribution in [3.05, 3.63) is 65.2 Å². The van der Waals surface area contributed by atoms with Gasteiger partial charge in [-0.2, -0.15) is 8.42 Å². The first-order valence-corrected chi connectivity index (χ1v) is 9.22. The summed E-state index contributed by atoms with van der Waals surface area (Å²) in [5.74, 6) is 0.306. The summed E-state index contributed by atoms with van der Waals surface area (Å²) in [5.41, 5.74) is 3.39. The van der Waals surface area contributed by atoms with Crippen LogP contribution in [0.3, 0.4) is 0 Å². The average molecular weight is 331 g/mol. The second kappa shape index (κ2) is 6.43. The van der Waals surface area contributed by atoms with Crippen LogP contribution in [0, 0.1) is 6.92 Å². The average Bonchev–Trinajstić information content (AvgIpc) is 2.96. The van der Waals surface area contributed by atoms with Crippen LogP contribution in [0.1, 0.15) is 29.0 Å². The smallest absolute Gasteiger partial charge is 0.294 e. The van der Waals surface area contributed by atoms with E-state index in [4.69, 9.17) is 0 Å². The maximum absolute atomic E-state index is 11.4. The molecule has 1 saturated heterocycles. The van der Waals surface area contributed by atoms with Crippen molar-refractivity contribution in [1.82, 2.24) is 4.90 Å². The van der Waals surface area contributed by atoms with E-state index in [-0.39, 0.29) is 4.90 Å². The maximum atomic E-state index is 11.4. The van der Waals surface area contributed by atoms with E-state index in [1.807, 2.05) is 25.1 Å². The zero-order valence-electron chi connectivity index (χ0n) is 13.1. The fourth-order valence-corrected chi connectivity index (χ4v) is 3.81. The Balaban J connectivity index is 1.76. The highest BCUT2D eigenvalue weighted by Crippen LogP contribution is 2.31. The first kappa shape index (κ1) is 16.2. The lowest BCUT2D eigenvalue weighted by Crippen LogP contribution is -2.19. The summed E-state index contributed by atoms with van der Waals surface area (Å²) < 4.78 is 32.0. The summed E-state index contributed by atoms with van der Waals surface area (Å²) in [7, 11) is -4.15. The molecule has 23 heavy (non-hydrogen) atoms. The molecule has 0 aromatic heterocycles. The molecule has 122 valence electrons. The minimum atomic E-state index is -4.15. The zero-order valence-corrected chi connectivity index (χ0v) is 14.0. The van der Waals surface area contributed by atoms with E-state index >= 15 is 0 Å². The Bertz CT molecular complexity index is 787. The van der Waals surface area contributed by atoms with Crippen molar-refractivity contribution in [1.29, 1.82) is 0 Å². The molecule has 1 N–H and O–H groups in total. The molecule has 1 atom stereocenters. The SMILES string of the molecule is Cc1ccc(S(=O)(=O)O)cc1[C@H]1CCN(Cc2ccccc2)C1. The van der Waals surface area contributed by atoms with Crippen molar-refractivity contribution >= 4 is 10.1 Å². The van der Waals surface area contributed by atoms with Crippen LogP contribution in [0.4, 0.5) is 0 Å². The molecular formula is C18H21NO3S. The first-order chi connectivity index (χ1) is 10.9. The Hall–Kier alpha value is -1.69. The van der Waals surface area contributed by atoms with Crippen LogP contribution in [0.15, 0.2) is 53.4 Å². The van der Waals surface area contributed by atoms with Crippen LogP contribution in [-0.2, 0) is 16.7 Å². The van der Waals surface area contributed by atoms with Crippen LogP contribution in [-0.4, -0.2) is 31.0 Å². The number of aryl methyl sites for hydroxylation is 1. The minimum absolute atomic E-state index is 0.0143. The van der Waals surface area contributed by atoms with Gasteiger partial charge in [0.1, 0.15) is 0 Å². The van der Waals surface area contributed by atoms with Gasteiger partial charge in [0, 0.05) is 13.1 Å².